The molecule has 1 aromatic carbocycles. The average molecular weight is 379 g/mol. The highest BCUT2D eigenvalue weighted by molar-refractivity contribution is 7.92. The van der Waals surface area contributed by atoms with Gasteiger partial charge in [0.05, 0.1) is 43.5 Å². The lowest BCUT2D eigenvalue weighted by molar-refractivity contribution is -0.118. The molecule has 2 N–H and O–H groups in total. The Hall–Kier alpha value is -2.81. The van der Waals surface area contributed by atoms with E-state index in [0.29, 0.717) is 23.0 Å². The lowest BCUT2D eigenvalue weighted by Crippen LogP contribution is -2.29. The average Bonchev–Trinajstić information content (AvgIpc) is 2.61. The molecular weight excluding hydrogens is 358 g/mol. The van der Waals surface area contributed by atoms with Gasteiger partial charge in [0.2, 0.25) is 21.8 Å². The summed E-state index contributed by atoms with van der Waals surface area (Å²) in [6.07, 6.45) is 1.44. The number of rotatable bonds is 8. The van der Waals surface area contributed by atoms with Crippen molar-refractivity contribution in [2.75, 3.05) is 30.0 Å². The molecule has 0 aliphatic rings. The second-order valence-electron chi connectivity index (χ2n) is 5.59. The predicted molar refractivity (Wildman–Crippen MR) is 99.0 cm³/mol. The molecule has 0 radical (unpaired) electrons. The van der Waals surface area contributed by atoms with Crippen LogP contribution >= 0.6 is 0 Å². The Kier molecular flexibility index (Phi) is 6.40. The molecule has 1 atom stereocenters. The van der Waals surface area contributed by atoms with Gasteiger partial charge in [0.15, 0.2) is 0 Å². The summed E-state index contributed by atoms with van der Waals surface area (Å²) in [7, 11) is -0.726. The maximum Gasteiger partial charge on any atom is 0.233 e. The molecule has 2 rings (SSSR count). The van der Waals surface area contributed by atoms with Crippen molar-refractivity contribution in [1.82, 2.24) is 4.98 Å². The summed E-state index contributed by atoms with van der Waals surface area (Å²) in [6.45, 7) is 1.54. The van der Waals surface area contributed by atoms with Gasteiger partial charge in [-0.05, 0) is 18.2 Å². The Morgan fingerprint density at radius 1 is 1.15 bits per heavy atom. The van der Waals surface area contributed by atoms with E-state index in [0.717, 1.165) is 0 Å². The van der Waals surface area contributed by atoms with E-state index in [1.54, 1.807) is 36.4 Å². The van der Waals surface area contributed by atoms with Gasteiger partial charge in [0.1, 0.15) is 5.75 Å². The maximum absolute atomic E-state index is 12.3. The topological polar surface area (TPSA) is 107 Å². The molecule has 0 fully saturated rings. The monoisotopic (exact) mass is 379 g/mol. The zero-order chi connectivity index (χ0) is 19.2. The highest BCUT2D eigenvalue weighted by atomic mass is 32.2. The molecule has 0 aliphatic heterocycles. The van der Waals surface area contributed by atoms with Crippen LogP contribution in [-0.2, 0) is 14.8 Å². The number of benzene rings is 1. The number of methoxy groups -OCH3 is 2. The van der Waals surface area contributed by atoms with Crippen molar-refractivity contribution in [3.63, 3.8) is 0 Å². The van der Waals surface area contributed by atoms with Crippen molar-refractivity contribution >= 4 is 27.3 Å². The van der Waals surface area contributed by atoms with Gasteiger partial charge < -0.3 is 14.8 Å². The van der Waals surface area contributed by atoms with Crippen molar-refractivity contribution in [2.45, 2.75) is 6.92 Å². The van der Waals surface area contributed by atoms with Crippen LogP contribution < -0.4 is 19.5 Å². The molecule has 0 bridgehead atoms. The fourth-order valence-corrected chi connectivity index (χ4v) is 3.53. The molecule has 0 saturated heterocycles. The zero-order valence-electron chi connectivity index (χ0n) is 14.7. The van der Waals surface area contributed by atoms with Gasteiger partial charge in [-0.2, -0.15) is 0 Å². The number of carbonyl (C=O) groups is 1. The summed E-state index contributed by atoms with van der Waals surface area (Å²) in [6, 6.07) is 9.76. The maximum atomic E-state index is 12.3. The van der Waals surface area contributed by atoms with E-state index in [1.807, 2.05) is 0 Å². The SMILES string of the molecule is COc1cccc(NS(=O)(=O)CC(C)C(=O)Nc2ccc(OC)nc2)c1. The van der Waals surface area contributed by atoms with E-state index >= 15 is 0 Å². The number of nitrogens with one attached hydrogen (secondary N) is 2. The molecule has 1 aromatic heterocycles. The van der Waals surface area contributed by atoms with Gasteiger partial charge in [-0.25, -0.2) is 13.4 Å². The Labute approximate surface area is 152 Å². The first-order valence-corrected chi connectivity index (χ1v) is 9.43. The number of aromatic nitrogens is 1. The molecule has 1 heterocycles. The number of hydrogen-bond donors (Lipinski definition) is 2. The van der Waals surface area contributed by atoms with E-state index < -0.39 is 21.8 Å². The lowest BCUT2D eigenvalue weighted by Gasteiger charge is -2.14. The quantitative estimate of drug-likeness (QED) is 0.728. The van der Waals surface area contributed by atoms with Gasteiger partial charge in [-0.1, -0.05) is 13.0 Å². The van der Waals surface area contributed by atoms with Crippen molar-refractivity contribution < 1.29 is 22.7 Å². The summed E-state index contributed by atoms with van der Waals surface area (Å²) in [5, 5.41) is 2.63. The molecule has 9 heteroatoms. The van der Waals surface area contributed by atoms with E-state index in [4.69, 9.17) is 9.47 Å². The second kappa shape index (κ2) is 8.52. The number of amides is 1. The Bertz CT molecular complexity index is 853. The summed E-state index contributed by atoms with van der Waals surface area (Å²) in [4.78, 5) is 16.2. The van der Waals surface area contributed by atoms with Crippen molar-refractivity contribution in [3.05, 3.63) is 42.6 Å². The largest absolute Gasteiger partial charge is 0.497 e. The van der Waals surface area contributed by atoms with Gasteiger partial charge >= 0.3 is 0 Å². The first-order chi connectivity index (χ1) is 12.3. The van der Waals surface area contributed by atoms with Crippen LogP contribution in [0.3, 0.4) is 0 Å². The molecule has 1 amide bonds. The van der Waals surface area contributed by atoms with Crippen LogP contribution in [-0.4, -0.2) is 39.3 Å². The fraction of sp³-hybridized carbons (Fsp3) is 0.294. The molecule has 0 saturated carbocycles. The molecule has 0 spiro atoms. The third kappa shape index (κ3) is 5.62. The number of anilines is 2. The van der Waals surface area contributed by atoms with Crippen LogP contribution in [0.2, 0.25) is 0 Å². The molecule has 8 nitrogen and oxygen atoms in total. The van der Waals surface area contributed by atoms with Crippen molar-refractivity contribution in [2.24, 2.45) is 5.92 Å². The fourth-order valence-electron chi connectivity index (χ4n) is 2.15. The van der Waals surface area contributed by atoms with Crippen molar-refractivity contribution in [1.29, 1.82) is 0 Å². The van der Waals surface area contributed by atoms with E-state index in [9.17, 15) is 13.2 Å². The predicted octanol–water partition coefficient (Wildman–Crippen LogP) is 2.12. The third-order valence-electron chi connectivity index (χ3n) is 3.47. The Morgan fingerprint density at radius 2 is 1.92 bits per heavy atom. The van der Waals surface area contributed by atoms with Gasteiger partial charge in [0.25, 0.3) is 0 Å². The van der Waals surface area contributed by atoms with Crippen LogP contribution in [0.5, 0.6) is 11.6 Å². The van der Waals surface area contributed by atoms with Crippen LogP contribution in [0.15, 0.2) is 42.6 Å². The summed E-state index contributed by atoms with van der Waals surface area (Å²) in [5.74, 6) is -0.600. The summed E-state index contributed by atoms with van der Waals surface area (Å²) < 4.78 is 37.0. The molecule has 1 unspecified atom stereocenters. The molecule has 26 heavy (non-hydrogen) atoms. The minimum atomic E-state index is -3.71. The van der Waals surface area contributed by atoms with Crippen LogP contribution in [0.1, 0.15) is 6.92 Å². The van der Waals surface area contributed by atoms with Crippen LogP contribution in [0.25, 0.3) is 0 Å². The zero-order valence-corrected chi connectivity index (χ0v) is 15.5. The number of carbonyl (C=O) groups excluding carboxylic acids is 1. The highest BCUT2D eigenvalue weighted by Gasteiger charge is 2.22. The number of sulfonamides is 1. The van der Waals surface area contributed by atoms with Gasteiger partial charge in [-0.3, -0.25) is 9.52 Å². The molecule has 0 aliphatic carbocycles. The normalized spacial score (nSPS) is 12.1. The Balaban J connectivity index is 1.97. The van der Waals surface area contributed by atoms with E-state index in [-0.39, 0.29) is 5.75 Å². The first kappa shape index (κ1) is 19.5. The highest BCUT2D eigenvalue weighted by Crippen LogP contribution is 2.19. The van der Waals surface area contributed by atoms with Crippen LogP contribution in [0, 0.1) is 5.92 Å². The smallest absolute Gasteiger partial charge is 0.233 e. The molecular formula is C17H21N3O5S. The van der Waals surface area contributed by atoms with Gasteiger partial charge in [-0.15, -0.1) is 0 Å². The standard InChI is InChI=1S/C17H21N3O5S/c1-12(17(21)19-14-7-8-16(25-3)18-10-14)11-26(22,23)20-13-5-4-6-15(9-13)24-2/h4-10,12,20H,11H2,1-3H3,(H,19,21). The molecule has 140 valence electrons. The first-order valence-electron chi connectivity index (χ1n) is 7.78. The minimum Gasteiger partial charge on any atom is -0.497 e. The summed E-state index contributed by atoms with van der Waals surface area (Å²) in [5.41, 5.74) is 0.831. The number of ether oxygens (including phenoxy) is 2. The number of pyridine rings is 1. The minimum absolute atomic E-state index is 0.361. The number of nitrogens with zero attached hydrogens (tertiary/aromatic N) is 1. The van der Waals surface area contributed by atoms with E-state index in [2.05, 4.69) is 15.0 Å². The summed E-state index contributed by atoms with van der Waals surface area (Å²) >= 11 is 0. The Morgan fingerprint density at radius 3 is 2.54 bits per heavy atom. The van der Waals surface area contributed by atoms with Crippen molar-refractivity contribution in [3.8, 4) is 11.6 Å². The third-order valence-corrected chi connectivity index (χ3v) is 4.96. The van der Waals surface area contributed by atoms with E-state index in [1.165, 1.54) is 27.3 Å². The second-order valence-corrected chi connectivity index (χ2v) is 7.36. The molecule has 2 aromatic rings. The van der Waals surface area contributed by atoms with Crippen LogP contribution in [0.4, 0.5) is 11.4 Å². The van der Waals surface area contributed by atoms with Gasteiger partial charge in [0, 0.05) is 12.1 Å². The lowest BCUT2D eigenvalue weighted by atomic mass is 10.2. The number of hydrogen-bond acceptors (Lipinski definition) is 6.